The minimum absolute atomic E-state index is 0.00571. The van der Waals surface area contributed by atoms with Crippen molar-refractivity contribution in [3.05, 3.63) is 99.1 Å². The van der Waals surface area contributed by atoms with E-state index in [1.807, 2.05) is 19.1 Å². The molecule has 0 bridgehead atoms. The van der Waals surface area contributed by atoms with Gasteiger partial charge in [0.15, 0.2) is 11.4 Å². The fraction of sp³-hybridized carbons (Fsp3) is 0.0417. The molecule has 0 radical (unpaired) electrons. The van der Waals surface area contributed by atoms with Crippen molar-refractivity contribution < 1.29 is 14.8 Å². The van der Waals surface area contributed by atoms with Gasteiger partial charge in [-0.2, -0.15) is 0 Å². The number of carbonyl (C=O) groups excluding carboxylic acids is 1. The third-order valence-electron chi connectivity index (χ3n) is 4.94. The number of fused-ring (bicyclic) bond motifs is 1. The Bertz CT molecular complexity index is 1420. The Morgan fingerprint density at radius 2 is 1.76 bits per heavy atom. The molecule has 0 aromatic heterocycles. The molecular formula is C24H17ClN4O4. The minimum Gasteiger partial charge on any atom is -0.505 e. The summed E-state index contributed by atoms with van der Waals surface area (Å²) in [6, 6.07) is 19.8. The SMILES string of the molecule is Cc1ccc(NC(=O)c2cc3ccccc3c(/N=N/c3ccc(Cl)cc3[N+](=O)[O-])c2O)cc1. The number of phenols is 1. The van der Waals surface area contributed by atoms with Crippen molar-refractivity contribution in [2.45, 2.75) is 6.92 Å². The predicted octanol–water partition coefficient (Wildman–Crippen LogP) is 7.08. The highest BCUT2D eigenvalue weighted by Crippen LogP contribution is 2.40. The molecule has 4 aromatic rings. The Kier molecular flexibility index (Phi) is 6.01. The van der Waals surface area contributed by atoms with Gasteiger partial charge in [-0.15, -0.1) is 10.2 Å². The average Bonchev–Trinajstić information content (AvgIpc) is 2.80. The summed E-state index contributed by atoms with van der Waals surface area (Å²) >= 11 is 5.85. The van der Waals surface area contributed by atoms with Gasteiger partial charge in [0.25, 0.3) is 11.6 Å². The van der Waals surface area contributed by atoms with Crippen LogP contribution in [-0.2, 0) is 0 Å². The number of carbonyl (C=O) groups is 1. The highest BCUT2D eigenvalue weighted by Gasteiger charge is 2.19. The van der Waals surface area contributed by atoms with Gasteiger partial charge in [0.1, 0.15) is 5.69 Å². The van der Waals surface area contributed by atoms with Gasteiger partial charge in [0.05, 0.1) is 10.5 Å². The first kappa shape index (κ1) is 21.9. The quantitative estimate of drug-likeness (QED) is 0.188. The first-order valence-electron chi connectivity index (χ1n) is 9.82. The molecule has 164 valence electrons. The summed E-state index contributed by atoms with van der Waals surface area (Å²) in [4.78, 5) is 23.6. The number of rotatable bonds is 5. The molecule has 0 fully saturated rings. The molecule has 0 aliphatic rings. The maximum absolute atomic E-state index is 12.9. The molecule has 2 N–H and O–H groups in total. The zero-order chi connectivity index (χ0) is 23.5. The highest BCUT2D eigenvalue weighted by molar-refractivity contribution is 6.30. The normalized spacial score (nSPS) is 11.1. The largest absolute Gasteiger partial charge is 0.505 e. The lowest BCUT2D eigenvalue weighted by molar-refractivity contribution is -0.384. The number of nitro groups is 1. The van der Waals surface area contributed by atoms with E-state index in [1.165, 1.54) is 18.2 Å². The topological polar surface area (TPSA) is 117 Å². The molecule has 0 heterocycles. The number of phenolic OH excluding ortho intramolecular Hbond substituents is 1. The van der Waals surface area contributed by atoms with Crippen LogP contribution in [0.2, 0.25) is 5.02 Å². The Morgan fingerprint density at radius 1 is 1.03 bits per heavy atom. The van der Waals surface area contributed by atoms with Crippen LogP contribution in [0.3, 0.4) is 0 Å². The fourth-order valence-corrected chi connectivity index (χ4v) is 3.42. The van der Waals surface area contributed by atoms with Crippen molar-refractivity contribution in [1.29, 1.82) is 0 Å². The van der Waals surface area contributed by atoms with Gasteiger partial charge < -0.3 is 10.4 Å². The van der Waals surface area contributed by atoms with Crippen LogP contribution < -0.4 is 5.32 Å². The first-order valence-corrected chi connectivity index (χ1v) is 10.2. The molecule has 33 heavy (non-hydrogen) atoms. The van der Waals surface area contributed by atoms with Gasteiger partial charge in [-0.05, 0) is 42.6 Å². The lowest BCUT2D eigenvalue weighted by Gasteiger charge is -2.11. The number of nitrogens with zero attached hydrogens (tertiary/aromatic N) is 3. The molecule has 4 aromatic carbocycles. The Balaban J connectivity index is 1.79. The molecule has 8 nitrogen and oxygen atoms in total. The fourth-order valence-electron chi connectivity index (χ4n) is 3.26. The molecule has 0 atom stereocenters. The number of nitrogens with one attached hydrogen (secondary N) is 1. The number of benzene rings is 4. The summed E-state index contributed by atoms with van der Waals surface area (Å²) in [7, 11) is 0. The van der Waals surface area contributed by atoms with Gasteiger partial charge in [0.2, 0.25) is 0 Å². The lowest BCUT2D eigenvalue weighted by atomic mass is 10.0. The number of amides is 1. The summed E-state index contributed by atoms with van der Waals surface area (Å²) < 4.78 is 0. The van der Waals surface area contributed by atoms with E-state index in [0.717, 1.165) is 5.56 Å². The average molecular weight is 461 g/mol. The molecule has 0 spiro atoms. The summed E-state index contributed by atoms with van der Waals surface area (Å²) in [6.45, 7) is 1.93. The van der Waals surface area contributed by atoms with E-state index >= 15 is 0 Å². The number of halogens is 1. The van der Waals surface area contributed by atoms with Crippen LogP contribution in [-0.4, -0.2) is 15.9 Å². The monoisotopic (exact) mass is 460 g/mol. The second-order valence-corrected chi connectivity index (χ2v) is 7.69. The maximum atomic E-state index is 12.9. The van der Waals surface area contributed by atoms with E-state index in [9.17, 15) is 20.0 Å². The van der Waals surface area contributed by atoms with Crippen molar-refractivity contribution in [3.8, 4) is 5.75 Å². The molecule has 0 unspecified atom stereocenters. The summed E-state index contributed by atoms with van der Waals surface area (Å²) in [5, 5.41) is 34.4. The Morgan fingerprint density at radius 3 is 2.48 bits per heavy atom. The van der Waals surface area contributed by atoms with Crippen LogP contribution in [0, 0.1) is 17.0 Å². The van der Waals surface area contributed by atoms with Gasteiger partial charge in [-0.25, -0.2) is 0 Å². The van der Waals surface area contributed by atoms with E-state index in [0.29, 0.717) is 16.5 Å². The Hall–Kier alpha value is -4.30. The van der Waals surface area contributed by atoms with Crippen LogP contribution in [0.25, 0.3) is 10.8 Å². The first-order chi connectivity index (χ1) is 15.8. The number of hydrogen-bond donors (Lipinski definition) is 2. The number of anilines is 1. The zero-order valence-corrected chi connectivity index (χ0v) is 18.1. The molecule has 0 aliphatic heterocycles. The standard InChI is InChI=1S/C24H17ClN4O4/c1-14-6-9-17(10-7-14)26-24(31)19-12-15-4-2-3-5-18(15)22(23(19)30)28-27-20-11-8-16(25)13-21(20)29(32)33/h2-13,30H,1H3,(H,26,31)/b28-27+. The van der Waals surface area contributed by atoms with Crippen molar-refractivity contribution in [2.75, 3.05) is 5.32 Å². The summed E-state index contributed by atoms with van der Waals surface area (Å²) in [5.74, 6) is -0.922. The third kappa shape index (κ3) is 4.65. The van der Waals surface area contributed by atoms with Crippen LogP contribution in [0.5, 0.6) is 5.75 Å². The van der Waals surface area contributed by atoms with Gasteiger partial charge in [0, 0.05) is 22.2 Å². The number of azo groups is 1. The van der Waals surface area contributed by atoms with Crippen molar-refractivity contribution >= 4 is 51.0 Å². The van der Waals surface area contributed by atoms with Crippen molar-refractivity contribution in [3.63, 3.8) is 0 Å². The van der Waals surface area contributed by atoms with Gasteiger partial charge in [-0.3, -0.25) is 14.9 Å². The molecular weight excluding hydrogens is 444 g/mol. The van der Waals surface area contributed by atoms with E-state index in [-0.39, 0.29) is 27.6 Å². The van der Waals surface area contributed by atoms with Crippen LogP contribution in [0.1, 0.15) is 15.9 Å². The van der Waals surface area contributed by atoms with Crippen LogP contribution in [0.4, 0.5) is 22.7 Å². The number of hydrogen-bond acceptors (Lipinski definition) is 6. The molecule has 0 saturated carbocycles. The molecule has 1 amide bonds. The zero-order valence-electron chi connectivity index (χ0n) is 17.3. The summed E-state index contributed by atoms with van der Waals surface area (Å²) in [6.07, 6.45) is 0. The van der Waals surface area contributed by atoms with E-state index < -0.39 is 16.6 Å². The molecule has 0 saturated heterocycles. The second-order valence-electron chi connectivity index (χ2n) is 7.25. The van der Waals surface area contributed by atoms with E-state index in [1.54, 1.807) is 42.5 Å². The highest BCUT2D eigenvalue weighted by atomic mass is 35.5. The summed E-state index contributed by atoms with van der Waals surface area (Å²) in [5.41, 5.74) is 1.25. The van der Waals surface area contributed by atoms with Crippen molar-refractivity contribution in [1.82, 2.24) is 0 Å². The third-order valence-corrected chi connectivity index (χ3v) is 5.18. The lowest BCUT2D eigenvalue weighted by Crippen LogP contribution is -2.12. The van der Waals surface area contributed by atoms with E-state index in [4.69, 9.17) is 11.6 Å². The molecule has 9 heteroatoms. The predicted molar refractivity (Wildman–Crippen MR) is 127 cm³/mol. The number of nitro benzene ring substituents is 1. The second kappa shape index (κ2) is 9.05. The van der Waals surface area contributed by atoms with Crippen molar-refractivity contribution in [2.24, 2.45) is 10.2 Å². The van der Waals surface area contributed by atoms with Crippen LogP contribution in [0.15, 0.2) is 83.0 Å². The smallest absolute Gasteiger partial charge is 0.298 e. The molecule has 0 aliphatic carbocycles. The maximum Gasteiger partial charge on any atom is 0.298 e. The molecule has 4 rings (SSSR count). The van der Waals surface area contributed by atoms with E-state index in [2.05, 4.69) is 15.5 Å². The Labute approximate surface area is 193 Å². The minimum atomic E-state index is -0.621. The number of aryl methyl sites for hydroxylation is 1. The van der Waals surface area contributed by atoms with Gasteiger partial charge >= 0.3 is 0 Å². The van der Waals surface area contributed by atoms with Crippen LogP contribution >= 0.6 is 11.6 Å². The van der Waals surface area contributed by atoms with Gasteiger partial charge in [-0.1, -0.05) is 53.6 Å². The number of aromatic hydroxyl groups is 1.